The third-order valence-electron chi connectivity index (χ3n) is 3.38. The van der Waals surface area contributed by atoms with E-state index in [0.29, 0.717) is 6.54 Å². The Morgan fingerprint density at radius 3 is 2.71 bits per heavy atom. The van der Waals surface area contributed by atoms with Gasteiger partial charge in [0.05, 0.1) is 17.2 Å². The molecule has 21 heavy (non-hydrogen) atoms. The normalized spacial score (nSPS) is 19.4. The number of aromatic hydroxyl groups is 1. The molecular weight excluding hydrogens is 270 g/mol. The third-order valence-corrected chi connectivity index (χ3v) is 3.38. The topological polar surface area (TPSA) is 117 Å². The lowest BCUT2D eigenvalue weighted by molar-refractivity contribution is 0.0937. The van der Waals surface area contributed by atoms with Crippen LogP contribution in [0.4, 0.5) is 5.69 Å². The van der Waals surface area contributed by atoms with Gasteiger partial charge in [-0.2, -0.15) is 5.26 Å². The number of phenols is 1. The van der Waals surface area contributed by atoms with Crippen LogP contribution in [0.2, 0.25) is 0 Å². The molecule has 0 amide bonds. The van der Waals surface area contributed by atoms with E-state index in [1.54, 1.807) is 6.07 Å². The van der Waals surface area contributed by atoms with Crippen LogP contribution in [-0.4, -0.2) is 28.9 Å². The Bertz CT molecular complexity index is 686. The van der Waals surface area contributed by atoms with Crippen LogP contribution >= 0.6 is 0 Å². The molecule has 6 heteroatoms. The largest absolute Gasteiger partial charge is 0.507 e. The van der Waals surface area contributed by atoms with E-state index in [9.17, 15) is 20.0 Å². The zero-order valence-electron chi connectivity index (χ0n) is 11.6. The van der Waals surface area contributed by atoms with Crippen molar-refractivity contribution in [3.8, 4) is 11.8 Å². The van der Waals surface area contributed by atoms with Crippen LogP contribution in [0, 0.1) is 17.2 Å². The van der Waals surface area contributed by atoms with Gasteiger partial charge in [-0.25, -0.2) is 0 Å². The molecule has 3 N–H and O–H groups in total. The Hall–Kier alpha value is -2.68. The molecule has 6 nitrogen and oxygen atoms in total. The van der Waals surface area contributed by atoms with E-state index in [0.717, 1.165) is 12.8 Å². The quantitative estimate of drug-likeness (QED) is 0.498. The maximum atomic E-state index is 12.5. The second kappa shape index (κ2) is 5.75. The number of phenolic OH excluding ortho intramolecular Hbond substituents is 1. The Labute approximate surface area is 121 Å². The minimum Gasteiger partial charge on any atom is -0.507 e. The summed E-state index contributed by atoms with van der Waals surface area (Å²) in [6.07, 6.45) is 1.64. The number of rotatable bonds is 3. The highest BCUT2D eigenvalue weighted by molar-refractivity contribution is 6.55. The molecule has 1 unspecified atom stereocenters. The molecule has 2 rings (SSSR count). The standard InChI is InChI=1S/C15H15N3O3/c1-2-3-6-18-13-8(7-16)14(20)12-10(19)5-4-9(17)11(12)15(13)21/h4-5,8,19H,2-3,6,17H2,1H3. The second-order valence-corrected chi connectivity index (χ2v) is 4.80. The summed E-state index contributed by atoms with van der Waals surface area (Å²) in [5, 5.41) is 19.0. The van der Waals surface area contributed by atoms with E-state index < -0.39 is 17.5 Å². The van der Waals surface area contributed by atoms with Gasteiger partial charge in [0.25, 0.3) is 0 Å². The highest BCUT2D eigenvalue weighted by Gasteiger charge is 2.41. The fourth-order valence-corrected chi connectivity index (χ4v) is 2.27. The molecule has 1 aromatic carbocycles. The molecule has 1 aliphatic rings. The molecular formula is C15H15N3O3. The zero-order chi connectivity index (χ0) is 15.6. The van der Waals surface area contributed by atoms with Crippen LogP contribution in [0.25, 0.3) is 0 Å². The number of aliphatic imine (C=N–C) groups is 1. The average molecular weight is 285 g/mol. The molecule has 0 fully saturated rings. The minimum atomic E-state index is -1.28. The Kier molecular flexibility index (Phi) is 4.03. The van der Waals surface area contributed by atoms with Gasteiger partial charge in [0.2, 0.25) is 5.78 Å². The van der Waals surface area contributed by atoms with Crippen molar-refractivity contribution < 1.29 is 14.7 Å². The number of nitrogen functional groups attached to an aromatic ring is 1. The highest BCUT2D eigenvalue weighted by Crippen LogP contribution is 2.34. The van der Waals surface area contributed by atoms with Gasteiger partial charge in [-0.3, -0.25) is 14.6 Å². The number of fused-ring (bicyclic) bond motifs is 1. The molecule has 1 atom stereocenters. The molecule has 0 aromatic heterocycles. The van der Waals surface area contributed by atoms with Crippen LogP contribution < -0.4 is 5.73 Å². The average Bonchev–Trinajstić information content (AvgIpc) is 2.46. The fourth-order valence-electron chi connectivity index (χ4n) is 2.27. The first-order valence-electron chi connectivity index (χ1n) is 6.67. The number of anilines is 1. The van der Waals surface area contributed by atoms with Gasteiger partial charge in [-0.1, -0.05) is 13.3 Å². The summed E-state index contributed by atoms with van der Waals surface area (Å²) in [4.78, 5) is 28.9. The van der Waals surface area contributed by atoms with Crippen molar-refractivity contribution in [2.45, 2.75) is 19.8 Å². The van der Waals surface area contributed by atoms with Crippen LogP contribution in [0.15, 0.2) is 17.1 Å². The first kappa shape index (κ1) is 14.7. The molecule has 0 saturated heterocycles. The fraction of sp³-hybridized carbons (Fsp3) is 0.333. The minimum absolute atomic E-state index is 0.0539. The molecule has 1 aromatic rings. The predicted octanol–water partition coefficient (Wildman–Crippen LogP) is 1.73. The number of nitrogens with zero attached hydrogens (tertiary/aromatic N) is 2. The number of hydrogen-bond acceptors (Lipinski definition) is 6. The first-order valence-corrected chi connectivity index (χ1v) is 6.67. The number of unbranched alkanes of at least 4 members (excludes halogenated alkanes) is 1. The lowest BCUT2D eigenvalue weighted by atomic mass is 9.79. The summed E-state index contributed by atoms with van der Waals surface area (Å²) in [6, 6.07) is 4.40. The molecule has 0 radical (unpaired) electrons. The van der Waals surface area contributed by atoms with Crippen LogP contribution in [0.5, 0.6) is 5.75 Å². The van der Waals surface area contributed by atoms with Crippen molar-refractivity contribution in [1.29, 1.82) is 5.26 Å². The molecule has 0 spiro atoms. The molecule has 0 saturated carbocycles. The van der Waals surface area contributed by atoms with Gasteiger partial charge in [-0.05, 0) is 18.6 Å². The van der Waals surface area contributed by atoms with Gasteiger partial charge in [0.15, 0.2) is 11.7 Å². The Morgan fingerprint density at radius 2 is 2.10 bits per heavy atom. The summed E-state index contributed by atoms with van der Waals surface area (Å²) in [7, 11) is 0. The van der Waals surface area contributed by atoms with Gasteiger partial charge >= 0.3 is 0 Å². The summed E-state index contributed by atoms with van der Waals surface area (Å²) in [5.41, 5.74) is 5.53. The Balaban J connectivity index is 2.61. The van der Waals surface area contributed by atoms with Crippen LogP contribution in [0.1, 0.15) is 40.5 Å². The third kappa shape index (κ3) is 2.38. The first-order chi connectivity index (χ1) is 10.0. The maximum absolute atomic E-state index is 12.5. The van der Waals surface area contributed by atoms with Crippen LogP contribution in [-0.2, 0) is 0 Å². The van der Waals surface area contributed by atoms with E-state index in [2.05, 4.69) is 4.99 Å². The van der Waals surface area contributed by atoms with Gasteiger partial charge in [-0.15, -0.1) is 0 Å². The lowest BCUT2D eigenvalue weighted by Crippen LogP contribution is -2.37. The van der Waals surface area contributed by atoms with E-state index in [-0.39, 0.29) is 28.3 Å². The summed E-state index contributed by atoms with van der Waals surface area (Å²) in [5.74, 6) is -2.81. The number of ketones is 2. The highest BCUT2D eigenvalue weighted by atomic mass is 16.3. The summed E-state index contributed by atoms with van der Waals surface area (Å²) >= 11 is 0. The number of Topliss-reactive ketones (excluding diaryl/α,β-unsaturated/α-hetero) is 2. The van der Waals surface area contributed by atoms with E-state index >= 15 is 0 Å². The summed E-state index contributed by atoms with van der Waals surface area (Å²) in [6.45, 7) is 2.35. The van der Waals surface area contributed by atoms with Crippen LogP contribution in [0.3, 0.4) is 0 Å². The number of carbonyl (C=O) groups excluding carboxylic acids is 2. The molecule has 108 valence electrons. The smallest absolute Gasteiger partial charge is 0.211 e. The van der Waals surface area contributed by atoms with Gasteiger partial charge in [0.1, 0.15) is 11.5 Å². The second-order valence-electron chi connectivity index (χ2n) is 4.80. The van der Waals surface area contributed by atoms with Crippen molar-refractivity contribution in [3.05, 3.63) is 23.3 Å². The molecule has 0 heterocycles. The lowest BCUT2D eigenvalue weighted by Gasteiger charge is -2.21. The number of carbonyl (C=O) groups is 2. The van der Waals surface area contributed by atoms with Gasteiger partial charge < -0.3 is 10.8 Å². The molecule has 0 aliphatic heterocycles. The van der Waals surface area contributed by atoms with Crippen molar-refractivity contribution in [2.24, 2.45) is 10.9 Å². The predicted molar refractivity (Wildman–Crippen MR) is 77.5 cm³/mol. The zero-order valence-corrected chi connectivity index (χ0v) is 11.6. The van der Waals surface area contributed by atoms with E-state index in [1.807, 2.05) is 6.92 Å². The maximum Gasteiger partial charge on any atom is 0.211 e. The van der Waals surface area contributed by atoms with Crippen molar-refractivity contribution in [1.82, 2.24) is 0 Å². The van der Waals surface area contributed by atoms with Gasteiger partial charge in [0, 0.05) is 12.2 Å². The number of benzene rings is 1. The van der Waals surface area contributed by atoms with E-state index in [1.165, 1.54) is 12.1 Å². The number of nitriles is 1. The van der Waals surface area contributed by atoms with Crippen molar-refractivity contribution >= 4 is 23.0 Å². The number of hydrogen-bond donors (Lipinski definition) is 2. The Morgan fingerprint density at radius 1 is 1.38 bits per heavy atom. The molecule has 0 bridgehead atoms. The van der Waals surface area contributed by atoms with Crippen molar-refractivity contribution in [3.63, 3.8) is 0 Å². The van der Waals surface area contributed by atoms with Crippen molar-refractivity contribution in [2.75, 3.05) is 12.3 Å². The number of nitrogens with two attached hydrogens (primary N) is 1. The SMILES string of the molecule is CCCCN=C1C(=O)c2c(N)ccc(O)c2C(=O)C1C#N. The molecule has 1 aliphatic carbocycles. The monoisotopic (exact) mass is 285 g/mol. The summed E-state index contributed by atoms with van der Waals surface area (Å²) < 4.78 is 0. The van der Waals surface area contributed by atoms with E-state index in [4.69, 9.17) is 5.73 Å².